The molecule has 2 spiro atoms. The number of amides is 2. The molecule has 3 heterocycles. The highest BCUT2D eigenvalue weighted by Crippen LogP contribution is 2.57. The second-order valence-electron chi connectivity index (χ2n) is 9.86. The predicted molar refractivity (Wildman–Crippen MR) is 115 cm³/mol. The molecule has 6 heteroatoms. The summed E-state index contributed by atoms with van der Waals surface area (Å²) in [5, 5.41) is 0. The third-order valence-electron chi connectivity index (χ3n) is 7.64. The standard InChI is InChI=1S/C24H34FN3O2/c1-4-27-14-11-24(22(27)30)17-26(15-18(2)3)16-23(24)9-12-28(13-10-23)21(29)19-5-7-20(25)8-6-19/h5-8,18H,4,9-17H2,1-3H3. The van der Waals surface area contributed by atoms with Crippen LogP contribution in [0.25, 0.3) is 0 Å². The fourth-order valence-electron chi connectivity index (χ4n) is 6.16. The molecule has 1 aromatic carbocycles. The van der Waals surface area contributed by atoms with Gasteiger partial charge in [-0.1, -0.05) is 13.8 Å². The Balaban J connectivity index is 1.54. The van der Waals surface area contributed by atoms with Crippen LogP contribution in [0.15, 0.2) is 24.3 Å². The highest BCUT2D eigenvalue weighted by Gasteiger charge is 2.64. The summed E-state index contributed by atoms with van der Waals surface area (Å²) in [4.78, 5) is 32.8. The monoisotopic (exact) mass is 415 g/mol. The van der Waals surface area contributed by atoms with E-state index in [9.17, 15) is 14.0 Å². The largest absolute Gasteiger partial charge is 0.342 e. The normalized spacial score (nSPS) is 26.5. The van der Waals surface area contributed by atoms with Crippen molar-refractivity contribution < 1.29 is 14.0 Å². The molecule has 0 aromatic heterocycles. The molecule has 0 bridgehead atoms. The second kappa shape index (κ2) is 7.95. The highest BCUT2D eigenvalue weighted by molar-refractivity contribution is 5.94. The molecule has 0 radical (unpaired) electrons. The average molecular weight is 416 g/mol. The molecular weight excluding hydrogens is 381 g/mol. The number of hydrogen-bond acceptors (Lipinski definition) is 3. The van der Waals surface area contributed by atoms with E-state index in [0.717, 1.165) is 52.0 Å². The Labute approximate surface area is 179 Å². The third kappa shape index (κ3) is 3.43. The number of halogens is 1. The first-order valence-corrected chi connectivity index (χ1v) is 11.4. The summed E-state index contributed by atoms with van der Waals surface area (Å²) in [5.74, 6) is 0.525. The second-order valence-corrected chi connectivity index (χ2v) is 9.86. The first kappa shape index (κ1) is 21.3. The van der Waals surface area contributed by atoms with Gasteiger partial charge in [0.15, 0.2) is 0 Å². The Morgan fingerprint density at radius 3 is 2.30 bits per heavy atom. The first-order valence-electron chi connectivity index (χ1n) is 11.4. The van der Waals surface area contributed by atoms with Gasteiger partial charge in [-0.3, -0.25) is 9.59 Å². The number of carbonyl (C=O) groups excluding carboxylic acids is 2. The van der Waals surface area contributed by atoms with Crippen LogP contribution in [0.2, 0.25) is 0 Å². The minimum atomic E-state index is -0.331. The van der Waals surface area contributed by atoms with Crippen molar-refractivity contribution >= 4 is 11.8 Å². The van der Waals surface area contributed by atoms with E-state index in [-0.39, 0.29) is 22.6 Å². The third-order valence-corrected chi connectivity index (χ3v) is 7.64. The number of fused-ring (bicyclic) bond motifs is 1. The van der Waals surface area contributed by atoms with Crippen molar-refractivity contribution in [2.75, 3.05) is 45.8 Å². The van der Waals surface area contributed by atoms with Crippen LogP contribution in [0.3, 0.4) is 0 Å². The fourth-order valence-corrected chi connectivity index (χ4v) is 6.16. The summed E-state index contributed by atoms with van der Waals surface area (Å²) >= 11 is 0. The van der Waals surface area contributed by atoms with Crippen LogP contribution in [0.4, 0.5) is 4.39 Å². The van der Waals surface area contributed by atoms with E-state index < -0.39 is 0 Å². The minimum absolute atomic E-state index is 0.0381. The number of likely N-dealkylation sites (tertiary alicyclic amines) is 3. The molecule has 2 amide bonds. The molecule has 0 N–H and O–H groups in total. The van der Waals surface area contributed by atoms with Crippen LogP contribution in [0.5, 0.6) is 0 Å². The van der Waals surface area contributed by atoms with Crippen molar-refractivity contribution in [1.82, 2.24) is 14.7 Å². The lowest BCUT2D eigenvalue weighted by Crippen LogP contribution is -2.53. The van der Waals surface area contributed by atoms with Crippen molar-refractivity contribution in [2.24, 2.45) is 16.7 Å². The summed E-state index contributed by atoms with van der Waals surface area (Å²) in [6.07, 6.45) is 2.65. The van der Waals surface area contributed by atoms with Crippen LogP contribution >= 0.6 is 0 Å². The zero-order chi connectivity index (χ0) is 21.5. The lowest BCUT2D eigenvalue weighted by molar-refractivity contribution is -0.141. The number of nitrogens with zero attached hydrogens (tertiary/aromatic N) is 3. The Hall–Kier alpha value is -1.95. The molecular formula is C24H34FN3O2. The van der Waals surface area contributed by atoms with Crippen LogP contribution in [-0.4, -0.2) is 72.3 Å². The van der Waals surface area contributed by atoms with Gasteiger partial charge in [-0.15, -0.1) is 0 Å². The number of piperidine rings is 1. The van der Waals surface area contributed by atoms with Crippen molar-refractivity contribution in [1.29, 1.82) is 0 Å². The molecule has 4 rings (SSSR count). The topological polar surface area (TPSA) is 43.9 Å². The smallest absolute Gasteiger partial charge is 0.253 e. The van der Waals surface area contributed by atoms with Gasteiger partial charge in [0.2, 0.25) is 5.91 Å². The Morgan fingerprint density at radius 1 is 1.07 bits per heavy atom. The average Bonchev–Trinajstić information content (AvgIpc) is 3.20. The van der Waals surface area contributed by atoms with Gasteiger partial charge < -0.3 is 14.7 Å². The van der Waals surface area contributed by atoms with E-state index in [1.165, 1.54) is 12.1 Å². The van der Waals surface area contributed by atoms with Gasteiger partial charge in [0.05, 0.1) is 5.41 Å². The number of carbonyl (C=O) groups is 2. The molecule has 5 nitrogen and oxygen atoms in total. The molecule has 3 aliphatic heterocycles. The highest BCUT2D eigenvalue weighted by atomic mass is 19.1. The maximum absolute atomic E-state index is 13.5. The number of rotatable bonds is 4. The Bertz CT molecular complexity index is 801. The van der Waals surface area contributed by atoms with Gasteiger partial charge in [-0.2, -0.15) is 0 Å². The molecule has 3 saturated heterocycles. The summed E-state index contributed by atoms with van der Waals surface area (Å²) in [7, 11) is 0. The van der Waals surface area contributed by atoms with E-state index in [1.54, 1.807) is 12.1 Å². The van der Waals surface area contributed by atoms with Crippen molar-refractivity contribution in [3.05, 3.63) is 35.6 Å². The molecule has 1 atom stereocenters. The van der Waals surface area contributed by atoms with E-state index in [0.29, 0.717) is 30.5 Å². The predicted octanol–water partition coefficient (Wildman–Crippen LogP) is 3.26. The molecule has 1 unspecified atom stereocenters. The maximum atomic E-state index is 13.5. The van der Waals surface area contributed by atoms with E-state index >= 15 is 0 Å². The van der Waals surface area contributed by atoms with E-state index in [4.69, 9.17) is 0 Å². The zero-order valence-electron chi connectivity index (χ0n) is 18.5. The summed E-state index contributed by atoms with van der Waals surface area (Å²) in [6.45, 7) is 12.3. The van der Waals surface area contributed by atoms with Gasteiger partial charge in [-0.05, 0) is 56.4 Å². The van der Waals surface area contributed by atoms with Gasteiger partial charge in [0.1, 0.15) is 5.82 Å². The lowest BCUT2D eigenvalue weighted by Gasteiger charge is -2.47. The summed E-state index contributed by atoms with van der Waals surface area (Å²) < 4.78 is 13.2. The lowest BCUT2D eigenvalue weighted by atomic mass is 9.60. The van der Waals surface area contributed by atoms with Gasteiger partial charge in [-0.25, -0.2) is 4.39 Å². The zero-order valence-corrected chi connectivity index (χ0v) is 18.5. The van der Waals surface area contributed by atoms with Crippen LogP contribution in [-0.2, 0) is 4.79 Å². The summed E-state index contributed by atoms with van der Waals surface area (Å²) in [5.41, 5.74) is 0.176. The maximum Gasteiger partial charge on any atom is 0.253 e. The fraction of sp³-hybridized carbons (Fsp3) is 0.667. The molecule has 0 aliphatic carbocycles. The van der Waals surface area contributed by atoms with Crippen molar-refractivity contribution in [3.63, 3.8) is 0 Å². The van der Waals surface area contributed by atoms with Crippen molar-refractivity contribution in [3.8, 4) is 0 Å². The molecule has 3 aliphatic rings. The van der Waals surface area contributed by atoms with Gasteiger partial charge in [0, 0.05) is 56.8 Å². The van der Waals surface area contributed by atoms with Crippen LogP contribution in [0, 0.1) is 22.6 Å². The minimum Gasteiger partial charge on any atom is -0.342 e. The molecule has 3 fully saturated rings. The molecule has 1 aromatic rings. The quantitative estimate of drug-likeness (QED) is 0.758. The van der Waals surface area contributed by atoms with Gasteiger partial charge >= 0.3 is 0 Å². The number of hydrogen-bond donors (Lipinski definition) is 0. The van der Waals surface area contributed by atoms with E-state index in [1.807, 2.05) is 9.80 Å². The number of benzene rings is 1. The molecule has 164 valence electrons. The Kier molecular flexibility index (Phi) is 5.64. The summed E-state index contributed by atoms with van der Waals surface area (Å²) in [6, 6.07) is 5.79. The molecule has 0 saturated carbocycles. The molecule has 30 heavy (non-hydrogen) atoms. The first-order chi connectivity index (χ1) is 14.3. The van der Waals surface area contributed by atoms with Crippen LogP contribution < -0.4 is 0 Å². The van der Waals surface area contributed by atoms with Gasteiger partial charge in [0.25, 0.3) is 5.91 Å². The van der Waals surface area contributed by atoms with Crippen LogP contribution in [0.1, 0.15) is 50.4 Å². The SMILES string of the molecule is CCN1CCC2(CN(CC(C)C)CC23CCN(C(=O)c2ccc(F)cc2)CC3)C1=O. The van der Waals surface area contributed by atoms with E-state index in [2.05, 4.69) is 25.7 Å². The Morgan fingerprint density at radius 2 is 1.73 bits per heavy atom. The van der Waals surface area contributed by atoms with Crippen molar-refractivity contribution in [2.45, 2.75) is 40.0 Å².